The molecule has 0 fully saturated rings. The number of thiophene rings is 2. The lowest BCUT2D eigenvalue weighted by Crippen LogP contribution is -1.97. The van der Waals surface area contributed by atoms with Crippen LogP contribution in [-0.4, -0.2) is 19.9 Å². The van der Waals surface area contributed by atoms with Crippen molar-refractivity contribution in [2.45, 2.75) is 0 Å². The molecular weight excluding hydrogens is 721 g/mol. The summed E-state index contributed by atoms with van der Waals surface area (Å²) in [5, 5.41) is 5.13. The van der Waals surface area contributed by atoms with Gasteiger partial charge in [-0.2, -0.15) is 0 Å². The van der Waals surface area contributed by atoms with Crippen molar-refractivity contribution in [3.63, 3.8) is 0 Å². The summed E-state index contributed by atoms with van der Waals surface area (Å²) in [7, 11) is 0. The third-order valence-corrected chi connectivity index (χ3v) is 12.8. The highest BCUT2D eigenvalue weighted by Gasteiger charge is 2.16. The zero-order valence-corrected chi connectivity index (χ0v) is 31.6. The number of nitrogens with zero attached hydrogens (tertiary/aromatic N) is 4. The first-order valence-corrected chi connectivity index (χ1v) is 20.1. The van der Waals surface area contributed by atoms with E-state index < -0.39 is 0 Å². The Labute approximate surface area is 331 Å². The van der Waals surface area contributed by atoms with E-state index in [0.29, 0.717) is 5.82 Å². The maximum absolute atomic E-state index is 5.24. The summed E-state index contributed by atoms with van der Waals surface area (Å²) in [5.41, 5.74) is 11.4. The predicted octanol–water partition coefficient (Wildman–Crippen LogP) is 14.0. The van der Waals surface area contributed by atoms with Crippen LogP contribution < -0.4 is 0 Å². The van der Waals surface area contributed by atoms with Crippen molar-refractivity contribution < 1.29 is 0 Å². The lowest BCUT2D eigenvalue weighted by molar-refractivity contribution is 1.17. The monoisotopic (exact) mass is 750 g/mol. The molecule has 0 saturated heterocycles. The number of fused-ring (bicyclic) bond motifs is 6. The summed E-state index contributed by atoms with van der Waals surface area (Å²) in [6, 6.07) is 56.6. The molecule has 0 spiro atoms. The molecule has 0 atom stereocenters. The molecule has 6 heteroatoms. The van der Waals surface area contributed by atoms with Crippen LogP contribution in [0, 0.1) is 0 Å². The van der Waals surface area contributed by atoms with Crippen LogP contribution in [0.4, 0.5) is 0 Å². The minimum absolute atomic E-state index is 0.631. The van der Waals surface area contributed by atoms with Crippen molar-refractivity contribution >= 4 is 63.0 Å². The van der Waals surface area contributed by atoms with E-state index in [9.17, 15) is 0 Å². The van der Waals surface area contributed by atoms with Gasteiger partial charge in [0.15, 0.2) is 5.82 Å². The Balaban J connectivity index is 1.11. The van der Waals surface area contributed by atoms with Gasteiger partial charge in [0.25, 0.3) is 0 Å². The van der Waals surface area contributed by atoms with E-state index in [1.54, 1.807) is 12.4 Å². The third kappa shape index (κ3) is 5.84. The SMILES string of the molecule is c1cncc(-c2ccc(-c3cc(-c4cc(-c5ccc6sc7ccccc7c6c5)cc(-c5ccc6sc7ccccc7c6c5)c4)nc(-c4cccnc4)n3)cc2)c1. The highest BCUT2D eigenvalue weighted by Crippen LogP contribution is 2.41. The molecular formula is C50H30N4S2. The van der Waals surface area contributed by atoms with Crippen LogP contribution in [-0.2, 0) is 0 Å². The molecule has 0 unspecified atom stereocenters. The van der Waals surface area contributed by atoms with Gasteiger partial charge < -0.3 is 0 Å². The molecule has 0 aliphatic carbocycles. The van der Waals surface area contributed by atoms with Crippen molar-refractivity contribution in [2.24, 2.45) is 0 Å². The summed E-state index contributed by atoms with van der Waals surface area (Å²) < 4.78 is 5.18. The lowest BCUT2D eigenvalue weighted by Gasteiger charge is -2.14. The number of benzene rings is 6. The van der Waals surface area contributed by atoms with Gasteiger partial charge in [-0.25, -0.2) is 9.97 Å². The van der Waals surface area contributed by atoms with Gasteiger partial charge in [-0.3, -0.25) is 9.97 Å². The Morgan fingerprint density at radius 3 is 1.36 bits per heavy atom. The first-order chi connectivity index (χ1) is 27.7. The van der Waals surface area contributed by atoms with E-state index in [0.717, 1.165) is 50.3 Å². The van der Waals surface area contributed by atoms with Crippen molar-refractivity contribution in [2.75, 3.05) is 0 Å². The van der Waals surface area contributed by atoms with Gasteiger partial charge in [-0.15, -0.1) is 22.7 Å². The van der Waals surface area contributed by atoms with Crippen molar-refractivity contribution in [1.29, 1.82) is 0 Å². The van der Waals surface area contributed by atoms with Crippen LogP contribution in [0.2, 0.25) is 0 Å². The van der Waals surface area contributed by atoms with Gasteiger partial charge in [0.05, 0.1) is 11.4 Å². The molecule has 0 amide bonds. The molecule has 56 heavy (non-hydrogen) atoms. The minimum Gasteiger partial charge on any atom is -0.264 e. The second-order valence-corrected chi connectivity index (χ2v) is 16.1. The zero-order chi connectivity index (χ0) is 37.0. The zero-order valence-electron chi connectivity index (χ0n) is 29.9. The number of aromatic nitrogens is 4. The Kier molecular flexibility index (Phi) is 7.83. The number of hydrogen-bond acceptors (Lipinski definition) is 6. The van der Waals surface area contributed by atoms with Crippen LogP contribution in [0.15, 0.2) is 183 Å². The molecule has 5 aromatic heterocycles. The first-order valence-electron chi connectivity index (χ1n) is 18.5. The fraction of sp³-hybridized carbons (Fsp3) is 0. The molecule has 5 heterocycles. The van der Waals surface area contributed by atoms with E-state index in [-0.39, 0.29) is 0 Å². The summed E-state index contributed by atoms with van der Waals surface area (Å²) in [6.45, 7) is 0. The van der Waals surface area contributed by atoms with Crippen molar-refractivity contribution in [3.8, 4) is 67.3 Å². The van der Waals surface area contributed by atoms with Gasteiger partial charge in [0.1, 0.15) is 0 Å². The summed E-state index contributed by atoms with van der Waals surface area (Å²) in [6.07, 6.45) is 7.30. The Bertz CT molecular complexity index is 3110. The normalized spacial score (nSPS) is 11.6. The molecule has 0 bridgehead atoms. The average molecular weight is 751 g/mol. The smallest absolute Gasteiger partial charge is 0.161 e. The van der Waals surface area contributed by atoms with E-state index in [1.165, 1.54) is 51.5 Å². The van der Waals surface area contributed by atoms with Gasteiger partial charge in [0.2, 0.25) is 0 Å². The fourth-order valence-electron chi connectivity index (χ4n) is 7.65. The third-order valence-electron chi connectivity index (χ3n) is 10.5. The van der Waals surface area contributed by atoms with Gasteiger partial charge in [0, 0.05) is 81.8 Å². The fourth-order valence-corrected chi connectivity index (χ4v) is 9.83. The quantitative estimate of drug-likeness (QED) is 0.170. The second kappa shape index (κ2) is 13.5. The Morgan fingerprint density at radius 1 is 0.304 bits per heavy atom. The Morgan fingerprint density at radius 2 is 0.786 bits per heavy atom. The largest absolute Gasteiger partial charge is 0.264 e. The summed E-state index contributed by atoms with van der Waals surface area (Å²) in [4.78, 5) is 19.1. The molecule has 11 rings (SSSR count). The number of rotatable bonds is 6. The van der Waals surface area contributed by atoms with Crippen molar-refractivity contribution in [3.05, 3.63) is 183 Å². The highest BCUT2D eigenvalue weighted by molar-refractivity contribution is 7.26. The molecule has 0 radical (unpaired) electrons. The maximum Gasteiger partial charge on any atom is 0.161 e. The van der Waals surface area contributed by atoms with Crippen molar-refractivity contribution in [1.82, 2.24) is 19.9 Å². The Hall–Kier alpha value is -6.86. The molecule has 0 aliphatic heterocycles. The van der Waals surface area contributed by atoms with Crippen LogP contribution in [0.5, 0.6) is 0 Å². The predicted molar refractivity (Wildman–Crippen MR) is 236 cm³/mol. The number of hydrogen-bond donors (Lipinski definition) is 0. The lowest BCUT2D eigenvalue weighted by atomic mass is 9.93. The number of pyridine rings is 2. The standard InChI is InChI=1S/C50H30N4S2/c1-3-11-46-40(9-1)42-26-33(17-19-48(42)55-46)37-23-38(34-18-20-49-43(27-34)41-10-2-4-12-47(41)56-49)25-39(24-37)45-28-44(53-50(54-45)36-8-6-22-52-30-36)32-15-13-31(14-16-32)35-7-5-21-51-29-35/h1-30H. The van der Waals surface area contributed by atoms with Crippen LogP contribution >= 0.6 is 22.7 Å². The van der Waals surface area contributed by atoms with Crippen LogP contribution in [0.25, 0.3) is 108 Å². The minimum atomic E-state index is 0.631. The van der Waals surface area contributed by atoms with E-state index in [1.807, 2.05) is 53.3 Å². The summed E-state index contributed by atoms with van der Waals surface area (Å²) >= 11 is 3.69. The molecule has 11 aromatic rings. The highest BCUT2D eigenvalue weighted by atomic mass is 32.1. The molecule has 4 nitrogen and oxygen atoms in total. The first kappa shape index (κ1) is 32.6. The summed E-state index contributed by atoms with van der Waals surface area (Å²) in [5.74, 6) is 0.631. The molecule has 0 aliphatic rings. The van der Waals surface area contributed by atoms with Gasteiger partial charge in [-0.05, 0) is 112 Å². The van der Waals surface area contributed by atoms with Gasteiger partial charge in [-0.1, -0.05) is 78.9 Å². The van der Waals surface area contributed by atoms with E-state index >= 15 is 0 Å². The molecule has 0 saturated carbocycles. The van der Waals surface area contributed by atoms with Crippen LogP contribution in [0.3, 0.4) is 0 Å². The average Bonchev–Trinajstić information content (AvgIpc) is 3.84. The topological polar surface area (TPSA) is 51.6 Å². The van der Waals surface area contributed by atoms with Crippen LogP contribution in [0.1, 0.15) is 0 Å². The molecule has 6 aromatic carbocycles. The molecule has 0 N–H and O–H groups in total. The molecule has 262 valence electrons. The second-order valence-electron chi connectivity index (χ2n) is 13.9. The van der Waals surface area contributed by atoms with Gasteiger partial charge >= 0.3 is 0 Å². The van der Waals surface area contributed by atoms with E-state index in [2.05, 4.69) is 149 Å². The maximum atomic E-state index is 5.24. The van der Waals surface area contributed by atoms with E-state index in [4.69, 9.17) is 9.97 Å².